The molecule has 0 unspecified atom stereocenters. The van der Waals surface area contributed by atoms with E-state index in [9.17, 15) is 14.4 Å². The Morgan fingerprint density at radius 2 is 1.62 bits per heavy atom. The van der Waals surface area contributed by atoms with Crippen LogP contribution in [0.1, 0.15) is 42.2 Å². The minimum absolute atomic E-state index is 0.149. The predicted molar refractivity (Wildman–Crippen MR) is 104 cm³/mol. The lowest BCUT2D eigenvalue weighted by molar-refractivity contribution is 0.0233. The second kappa shape index (κ2) is 8.04. The normalized spacial score (nSPS) is 12.8. The molecule has 0 radical (unpaired) electrons. The monoisotopic (exact) mass is 387 g/mol. The molecule has 0 fully saturated rings. The Hall–Kier alpha value is -3.84. The lowest BCUT2D eigenvalue weighted by atomic mass is 10.1. The number of pyridine rings is 1. The molecule has 29 heavy (non-hydrogen) atoms. The summed E-state index contributed by atoms with van der Waals surface area (Å²) < 4.78 is 0. The molecule has 0 saturated carbocycles. The van der Waals surface area contributed by atoms with Crippen LogP contribution in [0.5, 0.6) is 0 Å². The third-order valence-corrected chi connectivity index (χ3v) is 4.57. The molecule has 0 spiro atoms. The maximum Gasteiger partial charge on any atom is 0.274 e. The summed E-state index contributed by atoms with van der Waals surface area (Å²) in [4.78, 5) is 48.0. The summed E-state index contributed by atoms with van der Waals surface area (Å²) in [6.45, 7) is 0.366. The smallest absolute Gasteiger partial charge is 0.270 e. The predicted octanol–water partition coefficient (Wildman–Crippen LogP) is 2.74. The van der Waals surface area contributed by atoms with Crippen molar-refractivity contribution in [1.82, 2.24) is 15.4 Å². The molecule has 1 N–H and O–H groups in total. The number of hydrogen-bond donors (Lipinski definition) is 1. The van der Waals surface area contributed by atoms with Gasteiger partial charge in [-0.05, 0) is 41.5 Å². The Morgan fingerprint density at radius 1 is 0.897 bits per heavy atom. The number of nitrogens with one attached hydrogen (secondary N) is 1. The van der Waals surface area contributed by atoms with E-state index in [2.05, 4.69) is 10.5 Å². The van der Waals surface area contributed by atoms with Crippen molar-refractivity contribution in [1.29, 1.82) is 0 Å². The second-order valence-electron chi connectivity index (χ2n) is 6.52. The SMILES string of the molecule is O=C(NOCc1ccccc1)c1ccc2c(c1)C(=O)N(Cc1ccncc1)C2=O. The van der Waals surface area contributed by atoms with Gasteiger partial charge in [0.2, 0.25) is 0 Å². The van der Waals surface area contributed by atoms with E-state index >= 15 is 0 Å². The highest BCUT2D eigenvalue weighted by molar-refractivity contribution is 6.22. The van der Waals surface area contributed by atoms with Gasteiger partial charge in [-0.3, -0.25) is 29.1 Å². The Bertz CT molecular complexity index is 1070. The molecule has 144 valence electrons. The number of hydroxylamine groups is 1. The van der Waals surface area contributed by atoms with Gasteiger partial charge in [0.25, 0.3) is 17.7 Å². The van der Waals surface area contributed by atoms with Gasteiger partial charge in [0.05, 0.1) is 24.3 Å². The van der Waals surface area contributed by atoms with Crippen molar-refractivity contribution in [2.45, 2.75) is 13.2 Å². The Labute approximate surface area is 166 Å². The Balaban J connectivity index is 1.44. The van der Waals surface area contributed by atoms with Gasteiger partial charge >= 0.3 is 0 Å². The first kappa shape index (κ1) is 18.5. The number of carbonyl (C=O) groups excluding carboxylic acids is 3. The fraction of sp³-hybridized carbons (Fsp3) is 0.0909. The molecular weight excluding hydrogens is 370 g/mol. The van der Waals surface area contributed by atoms with Crippen LogP contribution in [0.25, 0.3) is 0 Å². The van der Waals surface area contributed by atoms with E-state index in [1.807, 2.05) is 30.3 Å². The summed E-state index contributed by atoms with van der Waals surface area (Å²) in [5, 5.41) is 0. The van der Waals surface area contributed by atoms with Crippen LogP contribution in [0.15, 0.2) is 73.1 Å². The molecule has 0 bridgehead atoms. The van der Waals surface area contributed by atoms with E-state index in [4.69, 9.17) is 4.84 Å². The molecule has 0 aliphatic carbocycles. The van der Waals surface area contributed by atoms with Gasteiger partial charge in [-0.1, -0.05) is 30.3 Å². The molecule has 3 aromatic rings. The molecule has 1 aliphatic heterocycles. The van der Waals surface area contributed by atoms with E-state index in [0.29, 0.717) is 0 Å². The number of nitrogens with zero attached hydrogens (tertiary/aromatic N) is 2. The van der Waals surface area contributed by atoms with Crippen LogP contribution in [-0.4, -0.2) is 27.6 Å². The van der Waals surface area contributed by atoms with Crippen molar-refractivity contribution in [2.24, 2.45) is 0 Å². The minimum atomic E-state index is -0.489. The number of fused-ring (bicyclic) bond motifs is 1. The number of imide groups is 1. The van der Waals surface area contributed by atoms with Crippen molar-refractivity contribution in [3.8, 4) is 0 Å². The third-order valence-electron chi connectivity index (χ3n) is 4.57. The van der Waals surface area contributed by atoms with Crippen molar-refractivity contribution in [3.05, 3.63) is 101 Å². The number of hydrogen-bond acceptors (Lipinski definition) is 5. The number of rotatable bonds is 6. The van der Waals surface area contributed by atoms with E-state index < -0.39 is 11.8 Å². The van der Waals surface area contributed by atoms with Crippen LogP contribution in [0.2, 0.25) is 0 Å². The van der Waals surface area contributed by atoms with Crippen LogP contribution < -0.4 is 5.48 Å². The second-order valence-corrected chi connectivity index (χ2v) is 6.52. The Kier molecular flexibility index (Phi) is 5.13. The van der Waals surface area contributed by atoms with Crippen LogP contribution in [0.3, 0.4) is 0 Å². The number of aromatic nitrogens is 1. The van der Waals surface area contributed by atoms with Crippen molar-refractivity contribution < 1.29 is 19.2 Å². The number of amides is 3. The van der Waals surface area contributed by atoms with Crippen LogP contribution in [0, 0.1) is 0 Å². The van der Waals surface area contributed by atoms with Gasteiger partial charge in [-0.15, -0.1) is 0 Å². The summed E-state index contributed by atoms with van der Waals surface area (Å²) in [5.41, 5.74) is 4.80. The molecule has 1 aliphatic rings. The van der Waals surface area contributed by atoms with Gasteiger partial charge in [0.1, 0.15) is 0 Å². The number of carbonyl (C=O) groups is 3. The molecule has 2 aromatic carbocycles. The molecule has 4 rings (SSSR count). The molecule has 2 heterocycles. The van der Waals surface area contributed by atoms with Gasteiger partial charge in [-0.2, -0.15) is 0 Å². The van der Waals surface area contributed by atoms with E-state index in [1.165, 1.54) is 18.2 Å². The minimum Gasteiger partial charge on any atom is -0.270 e. The maximum absolute atomic E-state index is 12.7. The maximum atomic E-state index is 12.7. The van der Waals surface area contributed by atoms with Gasteiger partial charge in [0, 0.05) is 18.0 Å². The summed E-state index contributed by atoms with van der Waals surface area (Å²) in [7, 11) is 0. The van der Waals surface area contributed by atoms with Crippen molar-refractivity contribution in [3.63, 3.8) is 0 Å². The topological polar surface area (TPSA) is 88.6 Å². The van der Waals surface area contributed by atoms with Gasteiger partial charge < -0.3 is 0 Å². The van der Waals surface area contributed by atoms with E-state index in [1.54, 1.807) is 24.5 Å². The average molecular weight is 387 g/mol. The highest BCUT2D eigenvalue weighted by atomic mass is 16.6. The zero-order valence-electron chi connectivity index (χ0n) is 15.4. The lowest BCUT2D eigenvalue weighted by Gasteiger charge is -2.13. The van der Waals surface area contributed by atoms with Crippen molar-refractivity contribution >= 4 is 17.7 Å². The number of benzene rings is 2. The van der Waals surface area contributed by atoms with Crippen molar-refractivity contribution in [2.75, 3.05) is 0 Å². The first-order valence-corrected chi connectivity index (χ1v) is 8.98. The molecule has 0 atom stereocenters. The third kappa shape index (κ3) is 3.90. The fourth-order valence-corrected chi connectivity index (χ4v) is 3.06. The molecular formula is C22H17N3O4. The van der Waals surface area contributed by atoms with E-state index in [-0.39, 0.29) is 35.7 Å². The zero-order valence-corrected chi connectivity index (χ0v) is 15.4. The first-order chi connectivity index (χ1) is 14.1. The molecule has 1 aromatic heterocycles. The summed E-state index contributed by atoms with van der Waals surface area (Å²) in [6, 6.07) is 17.3. The van der Waals surface area contributed by atoms with Gasteiger partial charge in [-0.25, -0.2) is 5.48 Å². The molecule has 7 heteroatoms. The quantitative estimate of drug-likeness (QED) is 0.519. The lowest BCUT2D eigenvalue weighted by Crippen LogP contribution is -2.29. The zero-order chi connectivity index (χ0) is 20.2. The van der Waals surface area contributed by atoms with E-state index in [0.717, 1.165) is 16.0 Å². The molecule has 7 nitrogen and oxygen atoms in total. The Morgan fingerprint density at radius 3 is 2.38 bits per heavy atom. The summed E-state index contributed by atoms with van der Waals surface area (Å²) in [6.07, 6.45) is 3.21. The van der Waals surface area contributed by atoms with Gasteiger partial charge in [0.15, 0.2) is 0 Å². The highest BCUT2D eigenvalue weighted by Gasteiger charge is 2.36. The van der Waals surface area contributed by atoms with Crippen LogP contribution >= 0.6 is 0 Å². The fourth-order valence-electron chi connectivity index (χ4n) is 3.06. The average Bonchev–Trinajstić information content (AvgIpc) is 2.99. The highest BCUT2D eigenvalue weighted by Crippen LogP contribution is 2.25. The summed E-state index contributed by atoms with van der Waals surface area (Å²) >= 11 is 0. The standard InChI is InChI=1S/C22H17N3O4/c26-20(24-29-14-16-4-2-1-3-5-16)17-6-7-18-19(12-17)22(28)25(21(18)27)13-15-8-10-23-11-9-15/h1-12H,13-14H2,(H,24,26). The molecule has 3 amide bonds. The largest absolute Gasteiger partial charge is 0.274 e. The first-order valence-electron chi connectivity index (χ1n) is 8.98. The summed E-state index contributed by atoms with van der Waals surface area (Å²) in [5.74, 6) is -1.30. The van der Waals surface area contributed by atoms with Crippen LogP contribution in [-0.2, 0) is 18.0 Å². The van der Waals surface area contributed by atoms with Crippen LogP contribution in [0.4, 0.5) is 0 Å². The molecule has 0 saturated heterocycles.